The van der Waals surface area contributed by atoms with E-state index in [1.807, 2.05) is 36.4 Å². The van der Waals surface area contributed by atoms with Crippen molar-refractivity contribution in [3.63, 3.8) is 0 Å². The van der Waals surface area contributed by atoms with Gasteiger partial charge in [0.1, 0.15) is 23.4 Å². The maximum absolute atomic E-state index is 13.5. The Balaban J connectivity index is 1.55. The van der Waals surface area contributed by atoms with Gasteiger partial charge in [-0.05, 0) is 66.7 Å². The molecule has 9 heteroatoms. The van der Waals surface area contributed by atoms with Gasteiger partial charge in [0, 0.05) is 44.8 Å². The number of rotatable bonds is 10. The van der Waals surface area contributed by atoms with Crippen LogP contribution in [0.5, 0.6) is 0 Å². The van der Waals surface area contributed by atoms with Crippen molar-refractivity contribution in [2.45, 2.75) is 32.3 Å². The van der Waals surface area contributed by atoms with Gasteiger partial charge in [-0.1, -0.05) is 35.9 Å². The largest absolute Gasteiger partial charge is 0.475 e. The lowest BCUT2D eigenvalue weighted by atomic mass is 10.3. The molecule has 0 saturated heterocycles. The monoisotopic (exact) mass is 558 g/mol. The summed E-state index contributed by atoms with van der Waals surface area (Å²) in [5, 5.41) is 0.415. The molecule has 0 saturated carbocycles. The molecule has 36 heavy (non-hydrogen) atoms. The zero-order valence-electron chi connectivity index (χ0n) is 18.9. The van der Waals surface area contributed by atoms with Gasteiger partial charge in [0.25, 0.3) is 0 Å². The fourth-order valence-electron chi connectivity index (χ4n) is 2.95. The predicted molar refractivity (Wildman–Crippen MR) is 147 cm³/mol. The maximum atomic E-state index is 13.5. The average molecular weight is 559 g/mol. The van der Waals surface area contributed by atoms with Crippen LogP contribution in [-0.4, -0.2) is 15.5 Å². The molecule has 0 atom stereocenters. The van der Waals surface area contributed by atoms with Gasteiger partial charge in [-0.3, -0.25) is 0 Å². The second kappa shape index (κ2) is 13.7. The van der Waals surface area contributed by atoms with Crippen molar-refractivity contribution in [1.29, 1.82) is 0 Å². The molecule has 0 radical (unpaired) electrons. The average Bonchev–Trinajstić information content (AvgIpc) is 2.90. The van der Waals surface area contributed by atoms with Crippen molar-refractivity contribution in [3.8, 4) is 0 Å². The molecule has 1 aromatic heterocycles. The third-order valence-corrected chi connectivity index (χ3v) is 8.22. The van der Waals surface area contributed by atoms with Crippen LogP contribution in [0.25, 0.3) is 0 Å². The van der Waals surface area contributed by atoms with Crippen LogP contribution in [0.4, 0.5) is 8.78 Å². The van der Waals surface area contributed by atoms with Gasteiger partial charge in [0.2, 0.25) is 0 Å². The van der Waals surface area contributed by atoms with E-state index in [2.05, 4.69) is 4.98 Å². The highest BCUT2D eigenvalue weighted by Crippen LogP contribution is 2.38. The first-order valence-corrected chi connectivity index (χ1v) is 13.8. The Morgan fingerprint density at radius 3 is 1.97 bits per heavy atom. The van der Waals surface area contributed by atoms with Crippen molar-refractivity contribution in [3.05, 3.63) is 120 Å². The lowest BCUT2D eigenvalue weighted by Crippen LogP contribution is -2.11. The third kappa shape index (κ3) is 8.85. The minimum absolute atomic E-state index is 0.0700. The van der Waals surface area contributed by atoms with Crippen LogP contribution in [-0.2, 0) is 11.3 Å². The maximum Gasteiger partial charge on any atom is 0.197 e. The third-order valence-electron chi connectivity index (χ3n) is 4.69. The fraction of sp³-hybridized carbons (Fsp3) is 0.111. The van der Waals surface area contributed by atoms with Gasteiger partial charge < -0.3 is 4.74 Å². The summed E-state index contributed by atoms with van der Waals surface area (Å²) in [7, 11) is 0. The molecule has 1 heterocycles. The molecule has 4 rings (SSSR count). The number of ether oxygens (including phenoxy) is 1. The summed E-state index contributed by atoms with van der Waals surface area (Å²) < 4.78 is 37.7. The topological polar surface area (TPSA) is 34.5 Å². The van der Waals surface area contributed by atoms with Gasteiger partial charge in [0.15, 0.2) is 5.90 Å². The molecule has 0 aliphatic rings. The summed E-state index contributed by atoms with van der Waals surface area (Å²) in [4.78, 5) is 6.92. The van der Waals surface area contributed by atoms with Crippen LogP contribution in [0.2, 0.25) is 5.15 Å². The lowest BCUT2D eigenvalue weighted by molar-refractivity contribution is 0.285. The standard InChI is InChI=1S/C27H21ClF2N2OS3/c28-25-15-6-19(17-31-25)18-33-26(32-36-24-4-2-1-3-5-24)16-27(34-22-11-7-20(29)8-12-22)35-23-13-9-21(30)10-14-23/h1-15,17,27H,16,18H2. The second-order valence-corrected chi connectivity index (χ2v) is 11.5. The molecule has 0 aliphatic carbocycles. The van der Waals surface area contributed by atoms with Crippen LogP contribution in [0.15, 0.2) is 116 Å². The molecular weight excluding hydrogens is 538 g/mol. The zero-order chi connectivity index (χ0) is 25.2. The Kier molecular flexibility index (Phi) is 10.1. The van der Waals surface area contributed by atoms with E-state index in [9.17, 15) is 8.78 Å². The Labute approximate surface area is 226 Å². The lowest BCUT2D eigenvalue weighted by Gasteiger charge is -2.18. The molecule has 3 aromatic carbocycles. The van der Waals surface area contributed by atoms with E-state index in [0.717, 1.165) is 20.2 Å². The quantitative estimate of drug-likeness (QED) is 0.0484. The molecule has 0 unspecified atom stereocenters. The predicted octanol–water partition coefficient (Wildman–Crippen LogP) is 8.94. The van der Waals surface area contributed by atoms with Crippen LogP contribution < -0.4 is 0 Å². The summed E-state index contributed by atoms with van der Waals surface area (Å²) in [5.74, 6) is -0.0277. The number of benzene rings is 3. The van der Waals surface area contributed by atoms with E-state index < -0.39 is 0 Å². The normalized spacial score (nSPS) is 11.6. The number of hydrogen-bond acceptors (Lipinski definition) is 6. The highest BCUT2D eigenvalue weighted by atomic mass is 35.5. The number of aromatic nitrogens is 1. The molecule has 0 amide bonds. The minimum Gasteiger partial charge on any atom is -0.475 e. The Bertz CT molecular complexity index is 1210. The van der Waals surface area contributed by atoms with Gasteiger partial charge in [-0.25, -0.2) is 13.8 Å². The number of thioether (sulfide) groups is 2. The highest BCUT2D eigenvalue weighted by molar-refractivity contribution is 8.17. The Morgan fingerprint density at radius 1 is 0.806 bits per heavy atom. The van der Waals surface area contributed by atoms with Gasteiger partial charge in [0.05, 0.1) is 4.58 Å². The molecule has 0 N–H and O–H groups in total. The smallest absolute Gasteiger partial charge is 0.197 e. The summed E-state index contributed by atoms with van der Waals surface area (Å²) in [6.07, 6.45) is 2.15. The van der Waals surface area contributed by atoms with E-state index in [0.29, 0.717) is 17.5 Å². The fourth-order valence-corrected chi connectivity index (χ4v) is 6.18. The first-order valence-electron chi connectivity index (χ1n) is 10.9. The van der Waals surface area contributed by atoms with Crippen molar-refractivity contribution >= 4 is 53.0 Å². The van der Waals surface area contributed by atoms with Crippen LogP contribution in [0, 0.1) is 11.6 Å². The van der Waals surface area contributed by atoms with E-state index in [-0.39, 0.29) is 22.8 Å². The Hall–Kier alpha value is -2.52. The van der Waals surface area contributed by atoms with Gasteiger partial charge in [-0.2, -0.15) is 4.40 Å². The summed E-state index contributed by atoms with van der Waals surface area (Å²) in [6, 6.07) is 26.1. The second-order valence-electron chi connectivity index (χ2n) is 7.44. The van der Waals surface area contributed by atoms with Crippen molar-refractivity contribution in [2.75, 3.05) is 0 Å². The van der Waals surface area contributed by atoms with Crippen LogP contribution >= 0.6 is 47.1 Å². The molecule has 3 nitrogen and oxygen atoms in total. The molecule has 184 valence electrons. The molecule has 4 aromatic rings. The SMILES string of the molecule is Fc1ccc(SC(CC(=NSc2ccccc2)OCc2ccc(Cl)nc2)Sc2ccc(F)cc2)cc1. The van der Waals surface area contributed by atoms with Crippen LogP contribution in [0.3, 0.4) is 0 Å². The highest BCUT2D eigenvalue weighted by Gasteiger charge is 2.18. The number of halogens is 3. The molecular formula is C27H21ClF2N2OS3. The van der Waals surface area contributed by atoms with Crippen molar-refractivity contribution < 1.29 is 13.5 Å². The molecule has 0 fully saturated rings. The van der Waals surface area contributed by atoms with Gasteiger partial charge in [-0.15, -0.1) is 23.5 Å². The first-order chi connectivity index (χ1) is 17.5. The van der Waals surface area contributed by atoms with Gasteiger partial charge >= 0.3 is 0 Å². The van der Waals surface area contributed by atoms with E-state index >= 15 is 0 Å². The summed E-state index contributed by atoms with van der Waals surface area (Å²) >= 11 is 10.4. The van der Waals surface area contributed by atoms with Crippen LogP contribution in [0.1, 0.15) is 12.0 Å². The number of nitrogens with zero attached hydrogens (tertiary/aromatic N) is 2. The molecule has 0 aliphatic heterocycles. The van der Waals surface area contributed by atoms with E-state index in [1.165, 1.54) is 36.2 Å². The zero-order valence-corrected chi connectivity index (χ0v) is 22.1. The molecule has 0 bridgehead atoms. The molecule has 0 spiro atoms. The van der Waals surface area contributed by atoms with E-state index in [1.54, 1.807) is 60.1 Å². The first kappa shape index (κ1) is 26.5. The Morgan fingerprint density at radius 2 is 1.42 bits per heavy atom. The summed E-state index contributed by atoms with van der Waals surface area (Å²) in [5.41, 5.74) is 0.866. The van der Waals surface area contributed by atoms with E-state index in [4.69, 9.17) is 20.7 Å². The number of pyridine rings is 1. The minimum atomic E-state index is -0.288. The van der Waals surface area contributed by atoms with Crippen molar-refractivity contribution in [2.24, 2.45) is 4.40 Å². The number of hydrogen-bond donors (Lipinski definition) is 0. The summed E-state index contributed by atoms with van der Waals surface area (Å²) in [6.45, 7) is 0.285. The van der Waals surface area contributed by atoms with Crippen molar-refractivity contribution in [1.82, 2.24) is 4.98 Å².